The quantitative estimate of drug-likeness (QED) is 0.282. The Labute approximate surface area is 154 Å². The van der Waals surface area contributed by atoms with Crippen molar-refractivity contribution in [3.63, 3.8) is 0 Å². The molecule has 132 valence electrons. The van der Waals surface area contributed by atoms with Gasteiger partial charge in [0.1, 0.15) is 14.9 Å². The highest BCUT2D eigenvalue weighted by molar-refractivity contribution is 6.60. The van der Waals surface area contributed by atoms with Gasteiger partial charge in [0.05, 0.1) is 0 Å². The minimum Gasteiger partial charge on any atom is -0.237 e. The van der Waals surface area contributed by atoms with Gasteiger partial charge in [-0.15, -0.1) is 11.6 Å². The van der Waals surface area contributed by atoms with E-state index in [1.54, 1.807) is 0 Å². The minimum atomic E-state index is -5.34. The van der Waals surface area contributed by atoms with Crippen LogP contribution in [0.1, 0.15) is 0 Å². The van der Waals surface area contributed by atoms with Crippen LogP contribution in [0.2, 0.25) is 0 Å². The van der Waals surface area contributed by atoms with Gasteiger partial charge in [-0.05, 0) is 11.6 Å². The van der Waals surface area contributed by atoms with E-state index in [1.165, 1.54) is 0 Å². The summed E-state index contributed by atoms with van der Waals surface area (Å²) in [5.41, 5.74) is 0. The molecule has 2 unspecified atom stereocenters. The lowest BCUT2D eigenvalue weighted by Crippen LogP contribution is -2.60. The number of hydrogen-bond acceptors (Lipinski definition) is 0. The first kappa shape index (κ1) is 23.3. The van der Waals surface area contributed by atoms with Crippen molar-refractivity contribution in [3.05, 3.63) is 9.52 Å². The Morgan fingerprint density at radius 1 is 0.818 bits per heavy atom. The van der Waals surface area contributed by atoms with Crippen molar-refractivity contribution in [1.29, 1.82) is 0 Å². The molecule has 0 aliphatic heterocycles. The molecule has 0 aromatic carbocycles. The SMILES string of the molecule is FC(C(Cl)C(F)(F)C(Cl)(Cl)C(F)(F)C(Cl)=C(Cl)Cl)C(F)(F)Cl. The first-order chi connectivity index (χ1) is 9.42. The highest BCUT2D eigenvalue weighted by Gasteiger charge is 2.73. The van der Waals surface area contributed by atoms with E-state index in [0.29, 0.717) is 0 Å². The molecule has 0 fully saturated rings. The predicted octanol–water partition coefficient (Wildman–Crippen LogP) is 7.09. The average molecular weight is 479 g/mol. The molecule has 0 bridgehead atoms. The predicted molar refractivity (Wildman–Crippen MR) is 74.3 cm³/mol. The van der Waals surface area contributed by atoms with Crippen molar-refractivity contribution < 1.29 is 30.7 Å². The molecule has 14 heteroatoms. The van der Waals surface area contributed by atoms with E-state index in [0.717, 1.165) is 0 Å². The largest absolute Gasteiger partial charge is 0.354 e. The third-order valence-electron chi connectivity index (χ3n) is 2.17. The molecule has 0 radical (unpaired) electrons. The number of hydrogen-bond donors (Lipinski definition) is 0. The molecule has 0 saturated heterocycles. The minimum absolute atomic E-state index is 1.39. The van der Waals surface area contributed by atoms with Crippen LogP contribution in [0, 0.1) is 0 Å². The van der Waals surface area contributed by atoms with Gasteiger partial charge in [-0.2, -0.15) is 17.6 Å². The van der Waals surface area contributed by atoms with Crippen LogP contribution in [0.5, 0.6) is 0 Å². The summed E-state index contributed by atoms with van der Waals surface area (Å²) in [5.74, 6) is -10.4. The van der Waals surface area contributed by atoms with Crippen molar-refractivity contribution in [2.75, 3.05) is 0 Å². The molecule has 0 N–H and O–H groups in total. The van der Waals surface area contributed by atoms with Gasteiger partial charge in [0.15, 0.2) is 0 Å². The van der Waals surface area contributed by atoms with Gasteiger partial charge in [-0.25, -0.2) is 13.2 Å². The molecule has 22 heavy (non-hydrogen) atoms. The zero-order valence-electron chi connectivity index (χ0n) is 9.45. The second-order valence-corrected chi connectivity index (χ2v) is 7.32. The molecule has 0 aliphatic carbocycles. The zero-order chi connectivity index (χ0) is 18.3. The van der Waals surface area contributed by atoms with Gasteiger partial charge in [0.2, 0.25) is 6.17 Å². The van der Waals surface area contributed by atoms with Crippen LogP contribution in [0.25, 0.3) is 0 Å². The summed E-state index contributed by atoms with van der Waals surface area (Å²) in [7, 11) is 0. The van der Waals surface area contributed by atoms with E-state index in [9.17, 15) is 30.7 Å². The van der Waals surface area contributed by atoms with Crippen LogP contribution in [0.3, 0.4) is 0 Å². The lowest BCUT2D eigenvalue weighted by atomic mass is 10.0. The molecule has 0 nitrogen and oxygen atoms in total. The Bertz CT molecular complexity index is 441. The van der Waals surface area contributed by atoms with Crippen LogP contribution in [-0.4, -0.2) is 33.1 Å². The van der Waals surface area contributed by atoms with Crippen LogP contribution in [0.4, 0.5) is 30.7 Å². The Kier molecular flexibility index (Phi) is 7.68. The van der Waals surface area contributed by atoms with Crippen molar-refractivity contribution >= 4 is 81.2 Å². The third kappa shape index (κ3) is 4.27. The van der Waals surface area contributed by atoms with Crippen molar-refractivity contribution in [2.45, 2.75) is 33.1 Å². The van der Waals surface area contributed by atoms with E-state index in [1.807, 2.05) is 0 Å². The molecule has 0 aromatic heterocycles. The van der Waals surface area contributed by atoms with Crippen LogP contribution in [0.15, 0.2) is 9.52 Å². The van der Waals surface area contributed by atoms with Gasteiger partial charge in [-0.3, -0.25) is 0 Å². The molecular weight excluding hydrogens is 477 g/mol. The van der Waals surface area contributed by atoms with E-state index in [2.05, 4.69) is 11.6 Å². The smallest absolute Gasteiger partial charge is 0.237 e. The lowest BCUT2D eigenvalue weighted by Gasteiger charge is -2.38. The fourth-order valence-corrected chi connectivity index (χ4v) is 2.51. The molecular formula is C8H2Cl7F7. The van der Waals surface area contributed by atoms with E-state index < -0.39 is 42.6 Å². The molecule has 0 amide bonds. The zero-order valence-corrected chi connectivity index (χ0v) is 14.7. The molecule has 0 spiro atoms. The highest BCUT2D eigenvalue weighted by atomic mass is 35.5. The summed E-state index contributed by atoms with van der Waals surface area (Å²) in [6.07, 6.45) is -3.98. The third-order valence-corrected chi connectivity index (χ3v) is 4.85. The van der Waals surface area contributed by atoms with Gasteiger partial charge in [-0.1, -0.05) is 58.0 Å². The number of rotatable bonds is 6. The van der Waals surface area contributed by atoms with Gasteiger partial charge < -0.3 is 0 Å². The highest BCUT2D eigenvalue weighted by Crippen LogP contribution is 2.57. The topological polar surface area (TPSA) is 0 Å². The molecule has 2 atom stereocenters. The Hall–Kier alpha value is 1.28. The summed E-state index contributed by atoms with van der Waals surface area (Å²) in [4.78, 5) is 0. The Balaban J connectivity index is 5.92. The van der Waals surface area contributed by atoms with E-state index in [-0.39, 0.29) is 0 Å². The second kappa shape index (κ2) is 7.26. The number of halogens is 14. The van der Waals surface area contributed by atoms with Crippen molar-refractivity contribution in [3.8, 4) is 0 Å². The van der Waals surface area contributed by atoms with Crippen LogP contribution in [-0.2, 0) is 0 Å². The summed E-state index contributed by atoms with van der Waals surface area (Å²) in [6.45, 7) is 0. The Morgan fingerprint density at radius 2 is 1.18 bits per heavy atom. The van der Waals surface area contributed by atoms with E-state index >= 15 is 0 Å². The molecule has 0 heterocycles. The number of alkyl halides is 11. The van der Waals surface area contributed by atoms with Gasteiger partial charge in [0.25, 0.3) is 4.33 Å². The summed E-state index contributed by atoms with van der Waals surface area (Å²) in [5, 5.41) is -10.5. The van der Waals surface area contributed by atoms with Crippen molar-refractivity contribution in [1.82, 2.24) is 0 Å². The van der Waals surface area contributed by atoms with Gasteiger partial charge in [0, 0.05) is 0 Å². The maximum atomic E-state index is 13.8. The first-order valence-electron chi connectivity index (χ1n) is 4.61. The summed E-state index contributed by atoms with van der Waals surface area (Å²) in [6, 6.07) is 0. The molecule has 0 rings (SSSR count). The monoisotopic (exact) mass is 476 g/mol. The molecule has 0 aromatic rings. The van der Waals surface area contributed by atoms with E-state index in [4.69, 9.17) is 69.6 Å². The van der Waals surface area contributed by atoms with Crippen molar-refractivity contribution in [2.24, 2.45) is 0 Å². The van der Waals surface area contributed by atoms with Crippen LogP contribution < -0.4 is 0 Å². The van der Waals surface area contributed by atoms with Crippen LogP contribution >= 0.6 is 81.2 Å². The maximum Gasteiger partial charge on any atom is 0.354 e. The first-order valence-corrected chi connectivity index (χ1v) is 7.32. The summed E-state index contributed by atoms with van der Waals surface area (Å²) < 4.78 is 87.3. The maximum absolute atomic E-state index is 13.8. The van der Waals surface area contributed by atoms with Gasteiger partial charge >= 0.3 is 17.2 Å². The number of allylic oxidation sites excluding steroid dienone is 1. The summed E-state index contributed by atoms with van der Waals surface area (Å²) >= 11 is 33.4. The Morgan fingerprint density at radius 3 is 1.45 bits per heavy atom. The average Bonchev–Trinajstić information content (AvgIpc) is 2.33. The second-order valence-electron chi connectivity index (χ2n) is 3.69. The standard InChI is InChI=1S/C8H2Cl7F7/c9-1(3(16)7(13,21)22)5(17,18)8(14,15)6(19,20)2(10)4(11)12/h1,3H. The fraction of sp³-hybridized carbons (Fsp3) is 0.750. The lowest BCUT2D eigenvalue weighted by molar-refractivity contribution is -0.126. The molecule has 0 saturated carbocycles. The normalized spacial score (nSPS) is 17.2. The fourth-order valence-electron chi connectivity index (χ4n) is 0.989. The molecule has 0 aliphatic rings.